The predicted molar refractivity (Wildman–Crippen MR) is 71.5 cm³/mol. The van der Waals surface area contributed by atoms with Crippen LogP contribution in [0.1, 0.15) is 33.6 Å². The molecular weight excluding hydrogens is 268 g/mol. The average molecular weight is 290 g/mol. The van der Waals surface area contributed by atoms with Gasteiger partial charge in [-0.2, -0.15) is 0 Å². The Bertz CT molecular complexity index is 451. The molecule has 19 heavy (non-hydrogen) atoms. The molecule has 0 aromatic heterocycles. The van der Waals surface area contributed by atoms with Gasteiger partial charge in [0, 0.05) is 19.6 Å². The SMILES string of the molecule is CC(C)(C)OC(=O)N1CCNCC1S(=O)(=O)C1CC1. The molecule has 110 valence electrons. The molecule has 2 fully saturated rings. The van der Waals surface area contributed by atoms with Crippen molar-refractivity contribution in [3.8, 4) is 0 Å². The molecule has 1 heterocycles. The van der Waals surface area contributed by atoms with Gasteiger partial charge in [-0.25, -0.2) is 13.2 Å². The highest BCUT2D eigenvalue weighted by atomic mass is 32.2. The van der Waals surface area contributed by atoms with E-state index >= 15 is 0 Å². The van der Waals surface area contributed by atoms with Crippen molar-refractivity contribution in [2.45, 2.75) is 49.8 Å². The van der Waals surface area contributed by atoms with Crippen molar-refractivity contribution in [1.29, 1.82) is 0 Å². The van der Waals surface area contributed by atoms with Crippen molar-refractivity contribution in [2.24, 2.45) is 0 Å². The van der Waals surface area contributed by atoms with Crippen molar-refractivity contribution >= 4 is 15.9 Å². The lowest BCUT2D eigenvalue weighted by Gasteiger charge is -2.36. The number of hydrogen-bond donors (Lipinski definition) is 1. The molecule has 1 saturated carbocycles. The highest BCUT2D eigenvalue weighted by Gasteiger charge is 2.46. The summed E-state index contributed by atoms with van der Waals surface area (Å²) in [7, 11) is -3.28. The lowest BCUT2D eigenvalue weighted by Crippen LogP contribution is -2.58. The number of ether oxygens (including phenoxy) is 1. The summed E-state index contributed by atoms with van der Waals surface area (Å²) in [6.07, 6.45) is 0.880. The topological polar surface area (TPSA) is 75.7 Å². The van der Waals surface area contributed by atoms with Crippen molar-refractivity contribution < 1.29 is 17.9 Å². The van der Waals surface area contributed by atoms with Gasteiger partial charge < -0.3 is 10.1 Å². The number of nitrogens with zero attached hydrogens (tertiary/aromatic N) is 1. The van der Waals surface area contributed by atoms with E-state index in [0.717, 1.165) is 0 Å². The van der Waals surface area contributed by atoms with Crippen LogP contribution in [0.15, 0.2) is 0 Å². The molecule has 0 aromatic carbocycles. The van der Waals surface area contributed by atoms with Crippen LogP contribution in [0.2, 0.25) is 0 Å². The zero-order chi connectivity index (χ0) is 14.3. The smallest absolute Gasteiger partial charge is 0.411 e. The van der Waals surface area contributed by atoms with Crippen LogP contribution >= 0.6 is 0 Å². The van der Waals surface area contributed by atoms with E-state index < -0.39 is 26.9 Å². The summed E-state index contributed by atoms with van der Waals surface area (Å²) in [5, 5.41) is 1.98. The number of carbonyl (C=O) groups excluding carboxylic acids is 1. The fraction of sp³-hybridized carbons (Fsp3) is 0.917. The van der Waals surface area contributed by atoms with E-state index in [9.17, 15) is 13.2 Å². The third-order valence-corrected chi connectivity index (χ3v) is 5.77. The Morgan fingerprint density at radius 3 is 2.47 bits per heavy atom. The molecular formula is C12H22N2O4S. The number of nitrogens with one attached hydrogen (secondary N) is 1. The minimum atomic E-state index is -3.28. The number of sulfone groups is 1. The van der Waals surface area contributed by atoms with Gasteiger partial charge in [0.2, 0.25) is 0 Å². The van der Waals surface area contributed by atoms with Crippen LogP contribution in [-0.4, -0.2) is 55.3 Å². The number of hydrogen-bond acceptors (Lipinski definition) is 5. The van der Waals surface area contributed by atoms with E-state index in [1.54, 1.807) is 20.8 Å². The number of rotatable bonds is 2. The van der Waals surface area contributed by atoms with E-state index in [2.05, 4.69) is 5.32 Å². The molecule has 1 aliphatic carbocycles. The minimum absolute atomic E-state index is 0.276. The van der Waals surface area contributed by atoms with E-state index in [0.29, 0.717) is 25.9 Å². The van der Waals surface area contributed by atoms with Crippen LogP contribution in [0.3, 0.4) is 0 Å². The van der Waals surface area contributed by atoms with Gasteiger partial charge in [-0.3, -0.25) is 4.90 Å². The fourth-order valence-corrected chi connectivity index (χ4v) is 4.25. The molecule has 0 aromatic rings. The molecule has 1 amide bonds. The van der Waals surface area contributed by atoms with Crippen molar-refractivity contribution in [1.82, 2.24) is 10.2 Å². The van der Waals surface area contributed by atoms with Crippen LogP contribution in [0.4, 0.5) is 4.79 Å². The van der Waals surface area contributed by atoms with Crippen LogP contribution < -0.4 is 5.32 Å². The lowest BCUT2D eigenvalue weighted by atomic mass is 10.2. The molecule has 1 unspecified atom stereocenters. The maximum atomic E-state index is 12.3. The maximum Gasteiger partial charge on any atom is 0.411 e. The first-order valence-corrected chi connectivity index (χ1v) is 8.26. The molecule has 2 rings (SSSR count). The molecule has 1 atom stereocenters. The zero-order valence-corrected chi connectivity index (χ0v) is 12.5. The first-order chi connectivity index (χ1) is 8.72. The Labute approximate surface area is 114 Å². The van der Waals surface area contributed by atoms with Crippen molar-refractivity contribution in [3.05, 3.63) is 0 Å². The molecule has 0 radical (unpaired) electrons. The van der Waals surface area contributed by atoms with Gasteiger partial charge >= 0.3 is 6.09 Å². The van der Waals surface area contributed by atoms with Crippen LogP contribution in [0, 0.1) is 0 Å². The quantitative estimate of drug-likeness (QED) is 0.811. The molecule has 1 saturated heterocycles. The monoisotopic (exact) mass is 290 g/mol. The van der Waals surface area contributed by atoms with E-state index in [1.165, 1.54) is 4.90 Å². The number of amides is 1. The minimum Gasteiger partial charge on any atom is -0.444 e. The van der Waals surface area contributed by atoms with Gasteiger partial charge in [0.25, 0.3) is 0 Å². The van der Waals surface area contributed by atoms with E-state index in [-0.39, 0.29) is 11.8 Å². The lowest BCUT2D eigenvalue weighted by molar-refractivity contribution is 0.0193. The highest BCUT2D eigenvalue weighted by Crippen LogP contribution is 2.33. The van der Waals surface area contributed by atoms with Gasteiger partial charge in [0.1, 0.15) is 11.0 Å². The van der Waals surface area contributed by atoms with Gasteiger partial charge in [0.15, 0.2) is 9.84 Å². The molecule has 6 nitrogen and oxygen atoms in total. The third-order valence-electron chi connectivity index (χ3n) is 3.19. The predicted octanol–water partition coefficient (Wildman–Crippen LogP) is 0.730. The largest absolute Gasteiger partial charge is 0.444 e. The first-order valence-electron chi connectivity index (χ1n) is 6.65. The zero-order valence-electron chi connectivity index (χ0n) is 11.7. The first kappa shape index (κ1) is 14.6. The summed E-state index contributed by atoms with van der Waals surface area (Å²) in [5.41, 5.74) is -0.615. The Hall–Kier alpha value is -0.820. The van der Waals surface area contributed by atoms with E-state index in [4.69, 9.17) is 4.74 Å². The second kappa shape index (κ2) is 4.94. The Morgan fingerprint density at radius 2 is 1.95 bits per heavy atom. The maximum absolute atomic E-state index is 12.3. The summed E-state index contributed by atoms with van der Waals surface area (Å²) in [4.78, 5) is 13.5. The summed E-state index contributed by atoms with van der Waals surface area (Å²) >= 11 is 0. The van der Waals surface area contributed by atoms with Crippen LogP contribution in [-0.2, 0) is 14.6 Å². The van der Waals surface area contributed by atoms with Gasteiger partial charge in [-0.15, -0.1) is 0 Å². The summed E-state index contributed by atoms with van der Waals surface area (Å²) in [5.74, 6) is 0. The number of carbonyl (C=O) groups is 1. The fourth-order valence-electron chi connectivity index (χ4n) is 2.12. The molecule has 0 bridgehead atoms. The second-order valence-electron chi connectivity index (χ2n) is 6.12. The molecule has 0 spiro atoms. The standard InChI is InChI=1S/C12H22N2O4S/c1-12(2,3)18-11(15)14-7-6-13-8-10(14)19(16,17)9-4-5-9/h9-10,13H,4-8H2,1-3H3. The Balaban J connectivity index is 2.14. The second-order valence-corrected chi connectivity index (χ2v) is 8.51. The summed E-state index contributed by atoms with van der Waals surface area (Å²) in [6, 6.07) is 0. The van der Waals surface area contributed by atoms with Gasteiger partial charge in [-0.05, 0) is 33.6 Å². The third kappa shape index (κ3) is 3.39. The summed E-state index contributed by atoms with van der Waals surface area (Å²) < 4.78 is 30.0. The molecule has 7 heteroatoms. The number of piperazine rings is 1. The van der Waals surface area contributed by atoms with Gasteiger partial charge in [0.05, 0.1) is 5.25 Å². The Morgan fingerprint density at radius 1 is 1.32 bits per heavy atom. The summed E-state index contributed by atoms with van der Waals surface area (Å²) in [6.45, 7) is 6.58. The normalized spacial score (nSPS) is 25.2. The van der Waals surface area contributed by atoms with Crippen LogP contribution in [0.5, 0.6) is 0 Å². The average Bonchev–Trinajstić information content (AvgIpc) is 3.10. The molecule has 1 aliphatic heterocycles. The van der Waals surface area contributed by atoms with Crippen molar-refractivity contribution in [3.63, 3.8) is 0 Å². The van der Waals surface area contributed by atoms with E-state index in [1.807, 2.05) is 0 Å². The molecule has 2 aliphatic rings. The Kier molecular flexibility index (Phi) is 3.79. The van der Waals surface area contributed by atoms with Gasteiger partial charge in [-0.1, -0.05) is 0 Å². The molecule has 1 N–H and O–H groups in total. The van der Waals surface area contributed by atoms with Crippen LogP contribution in [0.25, 0.3) is 0 Å². The highest BCUT2D eigenvalue weighted by molar-refractivity contribution is 7.92. The van der Waals surface area contributed by atoms with Crippen molar-refractivity contribution in [2.75, 3.05) is 19.6 Å².